The molecular weight excluding hydrogens is 310 g/mol. The lowest BCUT2D eigenvalue weighted by molar-refractivity contribution is 0.949. The Morgan fingerprint density at radius 3 is 2.24 bits per heavy atom. The predicted molar refractivity (Wildman–Crippen MR) is 103 cm³/mol. The number of anilines is 5. The summed E-state index contributed by atoms with van der Waals surface area (Å²) in [5.74, 6) is 1.34. The van der Waals surface area contributed by atoms with E-state index in [-0.39, 0.29) is 0 Å². The third kappa shape index (κ3) is 3.88. The molecule has 0 amide bonds. The molecule has 0 atom stereocenters. The van der Waals surface area contributed by atoms with E-state index < -0.39 is 0 Å². The van der Waals surface area contributed by atoms with Gasteiger partial charge in [0, 0.05) is 36.3 Å². The first-order valence-electron chi connectivity index (χ1n) is 8.64. The highest BCUT2D eigenvalue weighted by Crippen LogP contribution is 2.23. The average Bonchev–Trinajstić information content (AvgIpc) is 3.18. The maximum atomic E-state index is 4.52. The molecule has 0 radical (unpaired) electrons. The maximum absolute atomic E-state index is 4.52. The number of para-hydroxylation sites is 1. The molecule has 2 heterocycles. The second kappa shape index (κ2) is 7.21. The minimum atomic E-state index is 0.574. The molecule has 0 saturated carbocycles. The quantitative estimate of drug-likeness (QED) is 0.717. The fourth-order valence-electron chi connectivity index (χ4n) is 3.02. The van der Waals surface area contributed by atoms with E-state index in [4.69, 9.17) is 0 Å². The summed E-state index contributed by atoms with van der Waals surface area (Å²) in [6, 6.07) is 20.3. The van der Waals surface area contributed by atoms with E-state index >= 15 is 0 Å². The van der Waals surface area contributed by atoms with Gasteiger partial charge in [-0.05, 0) is 55.3 Å². The fourth-order valence-corrected chi connectivity index (χ4v) is 3.02. The first kappa shape index (κ1) is 15.4. The standard InChI is InChI=1S/C20H21N5/c1-2-6-16(7-3-1)23-20-21-13-12-19(24-20)22-17-8-10-18(11-9-17)25-14-4-5-15-25/h1-3,6-13H,4-5,14-15H2,(H2,21,22,23,24). The van der Waals surface area contributed by atoms with E-state index in [1.807, 2.05) is 36.4 Å². The number of rotatable bonds is 5. The minimum absolute atomic E-state index is 0.574. The Hall–Kier alpha value is -3.08. The Kier molecular flexibility index (Phi) is 4.46. The van der Waals surface area contributed by atoms with Gasteiger partial charge in [0.25, 0.3) is 0 Å². The van der Waals surface area contributed by atoms with Crippen molar-refractivity contribution in [1.29, 1.82) is 0 Å². The van der Waals surface area contributed by atoms with E-state index in [1.54, 1.807) is 6.20 Å². The topological polar surface area (TPSA) is 53.1 Å². The van der Waals surface area contributed by atoms with Crippen LogP contribution >= 0.6 is 0 Å². The van der Waals surface area contributed by atoms with E-state index in [1.165, 1.54) is 18.5 Å². The molecule has 1 aromatic heterocycles. The smallest absolute Gasteiger partial charge is 0.229 e. The van der Waals surface area contributed by atoms with Crippen molar-refractivity contribution in [2.75, 3.05) is 28.6 Å². The summed E-state index contributed by atoms with van der Waals surface area (Å²) >= 11 is 0. The Morgan fingerprint density at radius 1 is 0.760 bits per heavy atom. The highest BCUT2D eigenvalue weighted by atomic mass is 15.1. The highest BCUT2D eigenvalue weighted by Gasteiger charge is 2.11. The van der Waals surface area contributed by atoms with Crippen LogP contribution in [-0.2, 0) is 0 Å². The van der Waals surface area contributed by atoms with Gasteiger partial charge in [-0.25, -0.2) is 4.98 Å². The molecule has 0 spiro atoms. The van der Waals surface area contributed by atoms with Gasteiger partial charge in [0.05, 0.1) is 0 Å². The molecule has 2 N–H and O–H groups in total. The zero-order valence-electron chi connectivity index (χ0n) is 14.0. The van der Waals surface area contributed by atoms with Crippen LogP contribution in [0.5, 0.6) is 0 Å². The lowest BCUT2D eigenvalue weighted by Crippen LogP contribution is -2.17. The lowest BCUT2D eigenvalue weighted by atomic mass is 10.2. The predicted octanol–water partition coefficient (Wildman–Crippen LogP) is 4.56. The van der Waals surface area contributed by atoms with Crippen molar-refractivity contribution in [2.45, 2.75) is 12.8 Å². The first-order chi connectivity index (χ1) is 12.4. The van der Waals surface area contributed by atoms with E-state index in [0.717, 1.165) is 30.3 Å². The molecule has 1 aliphatic rings. The molecular formula is C20H21N5. The monoisotopic (exact) mass is 331 g/mol. The molecule has 1 saturated heterocycles. The highest BCUT2D eigenvalue weighted by molar-refractivity contribution is 5.62. The molecule has 5 heteroatoms. The van der Waals surface area contributed by atoms with Crippen molar-refractivity contribution < 1.29 is 0 Å². The number of nitrogens with one attached hydrogen (secondary N) is 2. The Labute approximate surface area is 147 Å². The van der Waals surface area contributed by atoms with Crippen LogP contribution in [0, 0.1) is 0 Å². The third-order valence-corrected chi connectivity index (χ3v) is 4.30. The summed E-state index contributed by atoms with van der Waals surface area (Å²) in [5, 5.41) is 6.55. The van der Waals surface area contributed by atoms with E-state index in [2.05, 4.69) is 49.8 Å². The van der Waals surface area contributed by atoms with Gasteiger partial charge in [0.2, 0.25) is 5.95 Å². The van der Waals surface area contributed by atoms with Gasteiger partial charge in [-0.2, -0.15) is 4.98 Å². The third-order valence-electron chi connectivity index (χ3n) is 4.30. The van der Waals surface area contributed by atoms with Crippen molar-refractivity contribution in [3.05, 3.63) is 66.9 Å². The zero-order chi connectivity index (χ0) is 16.9. The van der Waals surface area contributed by atoms with Crippen LogP contribution in [-0.4, -0.2) is 23.1 Å². The minimum Gasteiger partial charge on any atom is -0.372 e. The number of hydrogen-bond acceptors (Lipinski definition) is 5. The van der Waals surface area contributed by atoms with Gasteiger partial charge in [0.1, 0.15) is 5.82 Å². The Balaban J connectivity index is 1.44. The molecule has 25 heavy (non-hydrogen) atoms. The van der Waals surface area contributed by atoms with Crippen LogP contribution in [0.3, 0.4) is 0 Å². The van der Waals surface area contributed by atoms with Gasteiger partial charge < -0.3 is 15.5 Å². The normalized spacial score (nSPS) is 13.7. The van der Waals surface area contributed by atoms with Gasteiger partial charge in [-0.15, -0.1) is 0 Å². The van der Waals surface area contributed by atoms with E-state index in [9.17, 15) is 0 Å². The van der Waals surface area contributed by atoms with Crippen LogP contribution in [0.4, 0.5) is 28.8 Å². The lowest BCUT2D eigenvalue weighted by Gasteiger charge is -2.18. The maximum Gasteiger partial charge on any atom is 0.229 e. The van der Waals surface area contributed by atoms with Crippen molar-refractivity contribution in [3.63, 3.8) is 0 Å². The Morgan fingerprint density at radius 2 is 1.48 bits per heavy atom. The Bertz CT molecular complexity index is 811. The molecule has 0 aliphatic carbocycles. The zero-order valence-corrected chi connectivity index (χ0v) is 14.0. The molecule has 4 rings (SSSR count). The van der Waals surface area contributed by atoms with Gasteiger partial charge in [0.15, 0.2) is 0 Å². The molecule has 126 valence electrons. The molecule has 0 bridgehead atoms. The second-order valence-electron chi connectivity index (χ2n) is 6.12. The second-order valence-corrected chi connectivity index (χ2v) is 6.12. The van der Waals surface area contributed by atoms with Crippen molar-refractivity contribution in [3.8, 4) is 0 Å². The summed E-state index contributed by atoms with van der Waals surface area (Å²) in [6.07, 6.45) is 4.33. The molecule has 5 nitrogen and oxygen atoms in total. The molecule has 0 unspecified atom stereocenters. The molecule has 3 aromatic rings. The number of aromatic nitrogens is 2. The number of benzene rings is 2. The van der Waals surface area contributed by atoms with Crippen LogP contribution in [0.25, 0.3) is 0 Å². The summed E-state index contributed by atoms with van der Waals surface area (Å²) in [5.41, 5.74) is 3.28. The van der Waals surface area contributed by atoms with Crippen molar-refractivity contribution >= 4 is 28.8 Å². The fraction of sp³-hybridized carbons (Fsp3) is 0.200. The summed E-state index contributed by atoms with van der Waals surface area (Å²) in [6.45, 7) is 2.32. The first-order valence-corrected chi connectivity index (χ1v) is 8.64. The molecule has 1 aliphatic heterocycles. The summed E-state index contributed by atoms with van der Waals surface area (Å²) < 4.78 is 0. The molecule has 2 aromatic carbocycles. The van der Waals surface area contributed by atoms with Gasteiger partial charge >= 0.3 is 0 Å². The molecule has 1 fully saturated rings. The SMILES string of the molecule is c1ccc(Nc2nccc(Nc3ccc(N4CCCC4)cc3)n2)cc1. The van der Waals surface area contributed by atoms with Gasteiger partial charge in [-0.3, -0.25) is 0 Å². The number of hydrogen-bond donors (Lipinski definition) is 2. The number of nitrogens with zero attached hydrogens (tertiary/aromatic N) is 3. The van der Waals surface area contributed by atoms with Crippen LogP contribution in [0.15, 0.2) is 66.9 Å². The van der Waals surface area contributed by atoms with Crippen LogP contribution in [0.1, 0.15) is 12.8 Å². The summed E-state index contributed by atoms with van der Waals surface area (Å²) in [4.78, 5) is 11.2. The van der Waals surface area contributed by atoms with E-state index in [0.29, 0.717) is 5.95 Å². The average molecular weight is 331 g/mol. The van der Waals surface area contributed by atoms with Crippen molar-refractivity contribution in [1.82, 2.24) is 9.97 Å². The largest absolute Gasteiger partial charge is 0.372 e. The summed E-state index contributed by atoms with van der Waals surface area (Å²) in [7, 11) is 0. The van der Waals surface area contributed by atoms with Crippen LogP contribution < -0.4 is 15.5 Å². The van der Waals surface area contributed by atoms with Crippen LogP contribution in [0.2, 0.25) is 0 Å². The van der Waals surface area contributed by atoms with Crippen molar-refractivity contribution in [2.24, 2.45) is 0 Å². The van der Waals surface area contributed by atoms with Gasteiger partial charge in [-0.1, -0.05) is 18.2 Å².